The average molecular weight is 291 g/mol. The zero-order chi connectivity index (χ0) is 13.9. The van der Waals surface area contributed by atoms with Gasteiger partial charge in [0.15, 0.2) is 5.76 Å². The van der Waals surface area contributed by atoms with Crippen LogP contribution in [0.25, 0.3) is 11.3 Å². The Balaban J connectivity index is 1.56. The first-order chi connectivity index (χ1) is 9.72. The molecule has 1 heterocycles. The average Bonchev–Trinajstić information content (AvgIpc) is 3.20. The molecule has 1 saturated carbocycles. The molecule has 1 aromatic heterocycles. The van der Waals surface area contributed by atoms with Gasteiger partial charge in [0.05, 0.1) is 5.69 Å². The zero-order valence-electron chi connectivity index (χ0n) is 10.9. The van der Waals surface area contributed by atoms with Crippen LogP contribution >= 0.6 is 11.6 Å². The third kappa shape index (κ3) is 3.20. The van der Waals surface area contributed by atoms with Crippen molar-refractivity contribution in [3.8, 4) is 11.3 Å². The number of hydrogen-bond acceptors (Lipinski definition) is 3. The molecule has 5 heteroatoms. The molecule has 4 nitrogen and oxygen atoms in total. The minimum atomic E-state index is 0.159. The van der Waals surface area contributed by atoms with Gasteiger partial charge in [-0.3, -0.25) is 4.79 Å². The van der Waals surface area contributed by atoms with Crippen LogP contribution in [-0.4, -0.2) is 17.6 Å². The van der Waals surface area contributed by atoms with E-state index in [1.807, 2.05) is 30.3 Å². The quantitative estimate of drug-likeness (QED) is 0.921. The molecule has 1 aliphatic rings. The number of benzene rings is 1. The van der Waals surface area contributed by atoms with Crippen molar-refractivity contribution in [3.05, 3.63) is 41.0 Å². The highest BCUT2D eigenvalue weighted by Gasteiger charge is 2.29. The molecule has 0 aliphatic heterocycles. The van der Waals surface area contributed by atoms with Gasteiger partial charge in [0.1, 0.15) is 0 Å². The van der Waals surface area contributed by atoms with Gasteiger partial charge in [-0.15, -0.1) is 0 Å². The van der Waals surface area contributed by atoms with Gasteiger partial charge in [0.2, 0.25) is 5.91 Å². The van der Waals surface area contributed by atoms with Gasteiger partial charge >= 0.3 is 0 Å². The summed E-state index contributed by atoms with van der Waals surface area (Å²) >= 11 is 5.85. The molecular formula is C15H15ClN2O2. The number of aromatic nitrogens is 1. The number of nitrogens with zero attached hydrogens (tertiary/aromatic N) is 1. The molecule has 0 bridgehead atoms. The number of halogens is 1. The second-order valence-corrected chi connectivity index (χ2v) is 5.44. The fourth-order valence-electron chi connectivity index (χ4n) is 1.98. The lowest BCUT2D eigenvalue weighted by Gasteiger charge is -2.00. The van der Waals surface area contributed by atoms with Gasteiger partial charge < -0.3 is 9.84 Å². The molecule has 104 valence electrons. The van der Waals surface area contributed by atoms with Crippen molar-refractivity contribution in [1.82, 2.24) is 10.5 Å². The van der Waals surface area contributed by atoms with Crippen molar-refractivity contribution in [1.29, 1.82) is 0 Å². The highest BCUT2D eigenvalue weighted by Crippen LogP contribution is 2.28. The van der Waals surface area contributed by atoms with Crippen molar-refractivity contribution in [3.63, 3.8) is 0 Å². The smallest absolute Gasteiger partial charge is 0.223 e. The third-order valence-corrected chi connectivity index (χ3v) is 3.57. The van der Waals surface area contributed by atoms with Crippen LogP contribution in [0.3, 0.4) is 0 Å². The number of carbonyl (C=O) groups excluding carboxylic acids is 1. The summed E-state index contributed by atoms with van der Waals surface area (Å²) in [5, 5.41) is 7.62. The highest BCUT2D eigenvalue weighted by atomic mass is 35.5. The Morgan fingerprint density at radius 1 is 1.35 bits per heavy atom. The summed E-state index contributed by atoms with van der Waals surface area (Å²) in [6.45, 7) is 0.599. The van der Waals surface area contributed by atoms with Crippen molar-refractivity contribution in [2.45, 2.75) is 19.3 Å². The lowest BCUT2D eigenvalue weighted by molar-refractivity contribution is -0.122. The number of hydrogen-bond donors (Lipinski definition) is 1. The molecule has 0 radical (unpaired) electrons. The van der Waals surface area contributed by atoms with Crippen molar-refractivity contribution in [2.24, 2.45) is 5.92 Å². The topological polar surface area (TPSA) is 55.1 Å². The highest BCUT2D eigenvalue weighted by molar-refractivity contribution is 6.30. The Hall–Kier alpha value is -1.81. The monoisotopic (exact) mass is 290 g/mol. The van der Waals surface area contributed by atoms with E-state index in [-0.39, 0.29) is 11.8 Å². The van der Waals surface area contributed by atoms with Crippen LogP contribution in [0.5, 0.6) is 0 Å². The third-order valence-electron chi connectivity index (χ3n) is 3.32. The Morgan fingerprint density at radius 2 is 2.10 bits per heavy atom. The van der Waals surface area contributed by atoms with Gasteiger partial charge in [-0.2, -0.15) is 0 Å². The molecule has 1 fully saturated rings. The van der Waals surface area contributed by atoms with E-state index in [0.717, 1.165) is 24.1 Å². The Bertz CT molecular complexity index is 603. The lowest BCUT2D eigenvalue weighted by Crippen LogP contribution is -2.26. The zero-order valence-corrected chi connectivity index (χ0v) is 11.7. The molecule has 1 aromatic carbocycles. The maximum atomic E-state index is 11.5. The van der Waals surface area contributed by atoms with Crippen LogP contribution in [-0.2, 0) is 11.2 Å². The summed E-state index contributed by atoms with van der Waals surface area (Å²) in [5.74, 6) is 1.12. The predicted molar refractivity (Wildman–Crippen MR) is 76.4 cm³/mol. The second kappa shape index (κ2) is 5.67. The summed E-state index contributed by atoms with van der Waals surface area (Å²) in [6, 6.07) is 9.30. The van der Waals surface area contributed by atoms with E-state index in [0.29, 0.717) is 23.7 Å². The van der Waals surface area contributed by atoms with Gasteiger partial charge in [-0.25, -0.2) is 0 Å². The SMILES string of the molecule is O=C(NCCc1cc(-c2ccc(Cl)cc2)on1)C1CC1. The van der Waals surface area contributed by atoms with E-state index >= 15 is 0 Å². The van der Waals surface area contributed by atoms with Crippen LogP contribution in [0.2, 0.25) is 5.02 Å². The first kappa shape index (κ1) is 13.2. The fraction of sp³-hybridized carbons (Fsp3) is 0.333. The summed E-state index contributed by atoms with van der Waals surface area (Å²) < 4.78 is 5.30. The fourth-order valence-corrected chi connectivity index (χ4v) is 2.11. The van der Waals surface area contributed by atoms with Crippen molar-refractivity contribution < 1.29 is 9.32 Å². The van der Waals surface area contributed by atoms with E-state index in [1.54, 1.807) is 0 Å². The van der Waals surface area contributed by atoms with E-state index in [4.69, 9.17) is 16.1 Å². The largest absolute Gasteiger partial charge is 0.356 e. The minimum absolute atomic E-state index is 0.159. The minimum Gasteiger partial charge on any atom is -0.356 e. The molecule has 1 N–H and O–H groups in total. The second-order valence-electron chi connectivity index (χ2n) is 5.00. The first-order valence-electron chi connectivity index (χ1n) is 6.71. The molecule has 3 rings (SSSR count). The van der Waals surface area contributed by atoms with E-state index in [1.165, 1.54) is 0 Å². The van der Waals surface area contributed by atoms with Crippen LogP contribution < -0.4 is 5.32 Å². The normalized spacial score (nSPS) is 14.2. The summed E-state index contributed by atoms with van der Waals surface area (Å²) in [7, 11) is 0. The van der Waals surface area contributed by atoms with Gasteiger partial charge in [0.25, 0.3) is 0 Å². The van der Waals surface area contributed by atoms with Gasteiger partial charge in [-0.05, 0) is 37.1 Å². The Kier molecular flexibility index (Phi) is 3.74. The van der Waals surface area contributed by atoms with Gasteiger partial charge in [-0.1, -0.05) is 16.8 Å². The maximum Gasteiger partial charge on any atom is 0.223 e. The molecule has 0 atom stereocenters. The first-order valence-corrected chi connectivity index (χ1v) is 7.09. The molecule has 20 heavy (non-hydrogen) atoms. The van der Waals surface area contributed by atoms with Crippen LogP contribution in [0.15, 0.2) is 34.9 Å². The molecule has 0 spiro atoms. The summed E-state index contributed by atoms with van der Waals surface area (Å²) in [4.78, 5) is 11.5. The summed E-state index contributed by atoms with van der Waals surface area (Å²) in [5.41, 5.74) is 1.78. The molecular weight excluding hydrogens is 276 g/mol. The molecule has 1 amide bonds. The van der Waals surface area contributed by atoms with Crippen LogP contribution in [0.1, 0.15) is 18.5 Å². The molecule has 0 unspecified atom stereocenters. The van der Waals surface area contributed by atoms with E-state index in [2.05, 4.69) is 10.5 Å². The Morgan fingerprint density at radius 3 is 2.80 bits per heavy atom. The van der Waals surface area contributed by atoms with E-state index in [9.17, 15) is 4.79 Å². The Labute approximate surface area is 122 Å². The molecule has 1 aliphatic carbocycles. The van der Waals surface area contributed by atoms with E-state index < -0.39 is 0 Å². The predicted octanol–water partition coefficient (Wildman–Crippen LogP) is 3.06. The van der Waals surface area contributed by atoms with Crippen molar-refractivity contribution >= 4 is 17.5 Å². The molecule has 2 aromatic rings. The van der Waals surface area contributed by atoms with Crippen molar-refractivity contribution in [2.75, 3.05) is 6.54 Å². The van der Waals surface area contributed by atoms with Gasteiger partial charge in [0, 0.05) is 35.5 Å². The standard InChI is InChI=1S/C15H15ClN2O2/c16-12-5-3-10(4-6-12)14-9-13(18-20-14)7-8-17-15(19)11-1-2-11/h3-6,9,11H,1-2,7-8H2,(H,17,19). The number of carbonyl (C=O) groups is 1. The van der Waals surface area contributed by atoms with Crippen LogP contribution in [0, 0.1) is 5.92 Å². The number of rotatable bonds is 5. The number of amides is 1. The number of nitrogens with one attached hydrogen (secondary N) is 1. The lowest BCUT2D eigenvalue weighted by atomic mass is 10.1. The maximum absolute atomic E-state index is 11.5. The summed E-state index contributed by atoms with van der Waals surface area (Å²) in [6.07, 6.45) is 2.72. The molecule has 0 saturated heterocycles. The van der Waals surface area contributed by atoms with Crippen LogP contribution in [0.4, 0.5) is 0 Å².